The van der Waals surface area contributed by atoms with Crippen molar-refractivity contribution in [3.8, 4) is 0 Å². The van der Waals surface area contributed by atoms with E-state index in [1.54, 1.807) is 0 Å². The van der Waals surface area contributed by atoms with Crippen LogP contribution in [-0.4, -0.2) is 28.7 Å². The Hall–Kier alpha value is -0.610. The standard InChI is InChI=1S/C12H22N2O2/c13-12(7-3-4-8-12)10(16)14-11(9-15)5-1-2-6-11/h15H,1-9,13H2,(H,14,16). The molecule has 0 aromatic heterocycles. The lowest BCUT2D eigenvalue weighted by Gasteiger charge is -2.33. The molecule has 0 spiro atoms. The van der Waals surface area contributed by atoms with Crippen LogP contribution in [0.25, 0.3) is 0 Å². The van der Waals surface area contributed by atoms with Gasteiger partial charge in [0, 0.05) is 0 Å². The van der Waals surface area contributed by atoms with E-state index < -0.39 is 5.54 Å². The summed E-state index contributed by atoms with van der Waals surface area (Å²) in [6.45, 7) is 0.0365. The van der Waals surface area contributed by atoms with Gasteiger partial charge in [0.15, 0.2) is 0 Å². The predicted octanol–water partition coefficient (Wildman–Crippen LogP) is 0.679. The van der Waals surface area contributed by atoms with Crippen LogP contribution in [-0.2, 0) is 4.79 Å². The van der Waals surface area contributed by atoms with Gasteiger partial charge in [-0.3, -0.25) is 4.79 Å². The molecule has 0 heterocycles. The smallest absolute Gasteiger partial charge is 0.240 e. The summed E-state index contributed by atoms with van der Waals surface area (Å²) in [7, 11) is 0. The van der Waals surface area contributed by atoms with Crippen molar-refractivity contribution in [1.82, 2.24) is 5.32 Å². The number of rotatable bonds is 3. The minimum atomic E-state index is -0.676. The molecule has 16 heavy (non-hydrogen) atoms. The monoisotopic (exact) mass is 226 g/mol. The van der Waals surface area contributed by atoms with E-state index in [9.17, 15) is 9.90 Å². The van der Waals surface area contributed by atoms with Crippen LogP contribution < -0.4 is 11.1 Å². The second-order valence-corrected chi connectivity index (χ2v) is 5.46. The molecule has 1 amide bonds. The van der Waals surface area contributed by atoms with Crippen LogP contribution in [0, 0.1) is 0 Å². The molecule has 0 radical (unpaired) electrons. The van der Waals surface area contributed by atoms with Crippen molar-refractivity contribution >= 4 is 5.91 Å². The van der Waals surface area contributed by atoms with Gasteiger partial charge in [-0.25, -0.2) is 0 Å². The molecule has 0 saturated heterocycles. The van der Waals surface area contributed by atoms with Gasteiger partial charge in [0.1, 0.15) is 0 Å². The van der Waals surface area contributed by atoms with Gasteiger partial charge in [0.2, 0.25) is 5.91 Å². The van der Waals surface area contributed by atoms with Crippen LogP contribution in [0.5, 0.6) is 0 Å². The molecule has 2 saturated carbocycles. The van der Waals surface area contributed by atoms with E-state index in [1.165, 1.54) is 0 Å². The average Bonchev–Trinajstić information content (AvgIpc) is 2.89. The summed E-state index contributed by atoms with van der Waals surface area (Å²) in [5.41, 5.74) is 5.04. The number of hydrogen-bond acceptors (Lipinski definition) is 3. The number of hydrogen-bond donors (Lipinski definition) is 3. The van der Waals surface area contributed by atoms with Gasteiger partial charge in [-0.1, -0.05) is 25.7 Å². The molecule has 2 fully saturated rings. The first-order valence-electron chi connectivity index (χ1n) is 6.33. The fraction of sp³-hybridized carbons (Fsp3) is 0.917. The van der Waals surface area contributed by atoms with Crippen LogP contribution in [0.4, 0.5) is 0 Å². The zero-order chi connectivity index (χ0) is 11.6. The highest BCUT2D eigenvalue weighted by Crippen LogP contribution is 2.32. The quantitative estimate of drug-likeness (QED) is 0.662. The van der Waals surface area contributed by atoms with Crippen molar-refractivity contribution in [2.75, 3.05) is 6.61 Å². The summed E-state index contributed by atoms with van der Waals surface area (Å²) in [6, 6.07) is 0. The van der Waals surface area contributed by atoms with Crippen LogP contribution in [0.15, 0.2) is 0 Å². The minimum Gasteiger partial charge on any atom is -0.394 e. The van der Waals surface area contributed by atoms with E-state index in [0.717, 1.165) is 51.4 Å². The Balaban J connectivity index is 2.00. The second kappa shape index (κ2) is 4.34. The number of carbonyl (C=O) groups is 1. The Labute approximate surface area is 96.6 Å². The van der Waals surface area contributed by atoms with Gasteiger partial charge >= 0.3 is 0 Å². The number of amides is 1. The van der Waals surface area contributed by atoms with Gasteiger partial charge < -0.3 is 16.2 Å². The molecule has 2 aliphatic carbocycles. The molecular weight excluding hydrogens is 204 g/mol. The molecule has 0 aromatic rings. The Morgan fingerprint density at radius 2 is 1.62 bits per heavy atom. The lowest BCUT2D eigenvalue weighted by Crippen LogP contribution is -2.59. The first kappa shape index (κ1) is 11.9. The van der Waals surface area contributed by atoms with Crippen molar-refractivity contribution in [2.24, 2.45) is 5.73 Å². The number of carbonyl (C=O) groups excluding carboxylic acids is 1. The van der Waals surface area contributed by atoms with Crippen LogP contribution in [0.2, 0.25) is 0 Å². The van der Waals surface area contributed by atoms with E-state index in [4.69, 9.17) is 5.73 Å². The summed E-state index contributed by atoms with van der Waals surface area (Å²) < 4.78 is 0. The topological polar surface area (TPSA) is 75.4 Å². The number of nitrogens with one attached hydrogen (secondary N) is 1. The van der Waals surface area contributed by atoms with E-state index in [-0.39, 0.29) is 18.1 Å². The van der Waals surface area contributed by atoms with Crippen molar-refractivity contribution in [3.63, 3.8) is 0 Å². The molecule has 0 bridgehead atoms. The second-order valence-electron chi connectivity index (χ2n) is 5.46. The molecule has 4 heteroatoms. The largest absolute Gasteiger partial charge is 0.394 e. The molecular formula is C12H22N2O2. The minimum absolute atomic E-state index is 0.0365. The normalized spacial score (nSPS) is 26.9. The zero-order valence-corrected chi connectivity index (χ0v) is 9.80. The maximum Gasteiger partial charge on any atom is 0.240 e. The van der Waals surface area contributed by atoms with Gasteiger partial charge in [-0.05, 0) is 25.7 Å². The maximum atomic E-state index is 12.1. The summed E-state index contributed by atoms with van der Waals surface area (Å²) >= 11 is 0. The lowest BCUT2D eigenvalue weighted by molar-refractivity contribution is -0.128. The SMILES string of the molecule is NC1(C(=O)NC2(CO)CCCC2)CCCC1. The lowest BCUT2D eigenvalue weighted by atomic mass is 9.93. The zero-order valence-electron chi connectivity index (χ0n) is 9.80. The summed E-state index contributed by atoms with van der Waals surface area (Å²) in [5.74, 6) is -0.0547. The maximum absolute atomic E-state index is 12.1. The molecule has 92 valence electrons. The van der Waals surface area contributed by atoms with Crippen molar-refractivity contribution in [1.29, 1.82) is 0 Å². The van der Waals surface area contributed by atoms with Gasteiger partial charge in [0.05, 0.1) is 17.7 Å². The molecule has 4 nitrogen and oxygen atoms in total. The van der Waals surface area contributed by atoms with Crippen molar-refractivity contribution < 1.29 is 9.90 Å². The number of aliphatic hydroxyl groups excluding tert-OH is 1. The highest BCUT2D eigenvalue weighted by atomic mass is 16.3. The first-order valence-corrected chi connectivity index (χ1v) is 6.33. The molecule has 0 aliphatic heterocycles. The molecule has 2 aliphatic rings. The molecule has 4 N–H and O–H groups in total. The molecule has 0 aromatic carbocycles. The van der Waals surface area contributed by atoms with E-state index >= 15 is 0 Å². The summed E-state index contributed by atoms with van der Waals surface area (Å²) in [4.78, 5) is 12.1. The Bertz CT molecular complexity index is 266. The van der Waals surface area contributed by atoms with E-state index in [0.29, 0.717) is 0 Å². The van der Waals surface area contributed by atoms with Crippen LogP contribution >= 0.6 is 0 Å². The van der Waals surface area contributed by atoms with E-state index in [2.05, 4.69) is 5.32 Å². The van der Waals surface area contributed by atoms with Crippen molar-refractivity contribution in [3.05, 3.63) is 0 Å². The molecule has 2 rings (SSSR count). The number of aliphatic hydroxyl groups is 1. The van der Waals surface area contributed by atoms with Crippen LogP contribution in [0.1, 0.15) is 51.4 Å². The van der Waals surface area contributed by atoms with Gasteiger partial charge in [-0.2, -0.15) is 0 Å². The third-order valence-electron chi connectivity index (χ3n) is 4.19. The summed E-state index contributed by atoms with van der Waals surface area (Å²) in [6.07, 6.45) is 7.56. The van der Waals surface area contributed by atoms with Gasteiger partial charge in [-0.15, -0.1) is 0 Å². The number of nitrogens with two attached hydrogens (primary N) is 1. The van der Waals surface area contributed by atoms with Gasteiger partial charge in [0.25, 0.3) is 0 Å². The Kier molecular flexibility index (Phi) is 3.22. The predicted molar refractivity (Wildman–Crippen MR) is 61.8 cm³/mol. The molecule has 0 atom stereocenters. The first-order chi connectivity index (χ1) is 7.60. The fourth-order valence-electron chi connectivity index (χ4n) is 2.97. The Morgan fingerprint density at radius 3 is 2.12 bits per heavy atom. The van der Waals surface area contributed by atoms with Crippen LogP contribution in [0.3, 0.4) is 0 Å². The fourth-order valence-corrected chi connectivity index (χ4v) is 2.97. The van der Waals surface area contributed by atoms with Crippen molar-refractivity contribution in [2.45, 2.75) is 62.4 Å². The summed E-state index contributed by atoms with van der Waals surface area (Å²) in [5, 5.41) is 12.4. The molecule has 0 unspecified atom stereocenters. The average molecular weight is 226 g/mol. The third-order valence-corrected chi connectivity index (χ3v) is 4.19. The highest BCUT2D eigenvalue weighted by Gasteiger charge is 2.42. The Morgan fingerprint density at radius 1 is 1.12 bits per heavy atom. The highest BCUT2D eigenvalue weighted by molar-refractivity contribution is 5.87. The third kappa shape index (κ3) is 2.09. The van der Waals surface area contributed by atoms with E-state index in [1.807, 2.05) is 0 Å².